The quantitative estimate of drug-likeness (QED) is 0.0698. The topological polar surface area (TPSA) is 93.1 Å². The van der Waals surface area contributed by atoms with Crippen molar-refractivity contribution in [1.82, 2.24) is 0 Å². The van der Waals surface area contributed by atoms with Crippen molar-refractivity contribution >= 4 is 26.2 Å². The Balaban J connectivity index is 4.18. The lowest BCUT2D eigenvalue weighted by Crippen LogP contribution is -2.37. The average Bonchev–Trinajstić information content (AvgIpc) is 2.89. The van der Waals surface area contributed by atoms with Gasteiger partial charge in [0, 0.05) is 18.5 Å². The van der Waals surface area contributed by atoms with E-state index in [-0.39, 0.29) is 12.7 Å². The third-order valence-corrected chi connectivity index (χ3v) is 9.27. The van der Waals surface area contributed by atoms with Crippen LogP contribution in [0.15, 0.2) is 0 Å². The number of carboxylic acids is 1. The van der Waals surface area contributed by atoms with Crippen LogP contribution in [0.25, 0.3) is 0 Å². The van der Waals surface area contributed by atoms with Gasteiger partial charge in [-0.3, -0.25) is 0 Å². The minimum atomic E-state index is -2.26. The summed E-state index contributed by atoms with van der Waals surface area (Å²) in [5.41, 5.74) is 0. The van der Waals surface area contributed by atoms with Crippen LogP contribution in [0.2, 0.25) is 0 Å². The highest BCUT2D eigenvalue weighted by molar-refractivity contribution is 7.99. The van der Waals surface area contributed by atoms with Gasteiger partial charge in [-0.15, -0.1) is 0 Å². The summed E-state index contributed by atoms with van der Waals surface area (Å²) >= 11 is 2.07. The fourth-order valence-corrected chi connectivity index (χ4v) is 5.96. The highest BCUT2D eigenvalue weighted by atomic mass is 32.2. The van der Waals surface area contributed by atoms with E-state index in [1.54, 1.807) is 0 Å². The number of thioether (sulfide) groups is 1. The van der Waals surface area contributed by atoms with E-state index >= 15 is 0 Å². The number of ether oxygens (including phenoxy) is 2. The van der Waals surface area contributed by atoms with Crippen molar-refractivity contribution in [2.45, 2.75) is 153 Å². The van der Waals surface area contributed by atoms with Crippen LogP contribution >= 0.6 is 20.2 Å². The number of hydrogen-bond acceptors (Lipinski definition) is 6. The van der Waals surface area contributed by atoms with Crippen LogP contribution < -0.4 is 0 Å². The fourth-order valence-electron chi connectivity index (χ4n) is 4.32. The Morgan fingerprint density at radius 1 is 0.811 bits per heavy atom. The molecule has 8 heteroatoms. The summed E-state index contributed by atoms with van der Waals surface area (Å²) in [4.78, 5) is 11.0. The van der Waals surface area contributed by atoms with E-state index in [0.717, 1.165) is 0 Å². The molecule has 0 bridgehead atoms. The van der Waals surface area contributed by atoms with Crippen LogP contribution in [0.1, 0.15) is 136 Å². The summed E-state index contributed by atoms with van der Waals surface area (Å²) < 4.78 is 22.4. The van der Waals surface area contributed by atoms with Crippen molar-refractivity contribution in [1.29, 1.82) is 0 Å². The number of unbranched alkanes of at least 4 members (excludes halogenated alkanes) is 14. The van der Waals surface area contributed by atoms with Gasteiger partial charge in [-0.1, -0.05) is 110 Å². The minimum Gasteiger partial charge on any atom is -0.479 e. The molecule has 0 spiro atoms. The van der Waals surface area contributed by atoms with E-state index in [2.05, 4.69) is 32.5 Å². The molecule has 0 aromatic rings. The van der Waals surface area contributed by atoms with Gasteiger partial charge in [-0.05, 0) is 31.9 Å². The van der Waals surface area contributed by atoms with E-state index in [1.165, 1.54) is 115 Å². The third-order valence-electron chi connectivity index (χ3n) is 6.90. The summed E-state index contributed by atoms with van der Waals surface area (Å²) in [7, 11) is -1.87. The Hall–Kier alpha value is -0.0700. The first-order chi connectivity index (χ1) is 17.9. The molecule has 4 atom stereocenters. The normalized spacial score (nSPS) is 15.2. The zero-order valence-corrected chi connectivity index (χ0v) is 26.2. The van der Waals surface area contributed by atoms with Gasteiger partial charge in [-0.2, -0.15) is 11.8 Å². The smallest absolute Gasteiger partial charge is 0.345 e. The van der Waals surface area contributed by atoms with Crippen molar-refractivity contribution in [3.8, 4) is 0 Å². The Morgan fingerprint density at radius 3 is 1.84 bits per heavy atom. The first kappa shape index (κ1) is 36.9. The first-order valence-electron chi connectivity index (χ1n) is 15.1. The zero-order valence-electron chi connectivity index (χ0n) is 24.2. The molecule has 0 heterocycles. The van der Waals surface area contributed by atoms with Gasteiger partial charge in [0.2, 0.25) is 5.34 Å². The van der Waals surface area contributed by atoms with Crippen molar-refractivity contribution in [2.75, 3.05) is 25.6 Å². The second-order valence-corrected chi connectivity index (χ2v) is 13.0. The van der Waals surface area contributed by atoms with E-state index in [1.807, 2.05) is 0 Å². The summed E-state index contributed by atoms with van der Waals surface area (Å²) in [6.07, 6.45) is 23.4. The van der Waals surface area contributed by atoms with Crippen molar-refractivity contribution in [3.05, 3.63) is 0 Å². The van der Waals surface area contributed by atoms with Gasteiger partial charge in [0.1, 0.15) is 8.46 Å². The molecule has 0 aliphatic heterocycles. The molecule has 0 rings (SSSR count). The average molecular weight is 567 g/mol. The van der Waals surface area contributed by atoms with Crippen LogP contribution in [0.4, 0.5) is 0 Å². The maximum atomic E-state index is 11.0. The zero-order chi connectivity index (χ0) is 27.6. The van der Waals surface area contributed by atoms with Gasteiger partial charge >= 0.3 is 5.97 Å². The van der Waals surface area contributed by atoms with Crippen LogP contribution in [0.3, 0.4) is 0 Å². The number of rotatable bonds is 29. The van der Waals surface area contributed by atoms with Crippen molar-refractivity contribution in [3.63, 3.8) is 0 Å². The summed E-state index contributed by atoms with van der Waals surface area (Å²) in [5.74, 6) is -0.307. The molecule has 0 fully saturated rings. The molecule has 222 valence electrons. The molecule has 4 unspecified atom stereocenters. The monoisotopic (exact) mass is 566 g/mol. The van der Waals surface area contributed by atoms with Gasteiger partial charge in [0.15, 0.2) is 0 Å². The molecule has 0 aliphatic rings. The Kier molecular flexibility index (Phi) is 26.1. The molecular formula is C29H59O6PS. The second kappa shape index (κ2) is 26.2. The number of hydrogen-bond donors (Lipinski definition) is 2. The van der Waals surface area contributed by atoms with Gasteiger partial charge in [-0.25, -0.2) is 4.79 Å². The largest absolute Gasteiger partial charge is 0.479 e. The molecule has 0 amide bonds. The van der Waals surface area contributed by atoms with Gasteiger partial charge in [0.05, 0.1) is 12.7 Å². The molecular weight excluding hydrogens is 507 g/mol. The maximum Gasteiger partial charge on any atom is 0.345 e. The number of aliphatic carboxylic acids is 1. The SMILES string of the molecule is CCCCCCCCCCCCSC(CCCCCCCC)C(C)OCCCOCC(O)([PH2]=O)C(=O)O. The van der Waals surface area contributed by atoms with E-state index in [4.69, 9.17) is 14.6 Å². The van der Waals surface area contributed by atoms with Crippen LogP contribution in [-0.2, 0) is 18.8 Å². The fraction of sp³-hybridized carbons (Fsp3) is 0.966. The van der Waals surface area contributed by atoms with Crippen LogP contribution in [-0.4, -0.2) is 58.5 Å². The predicted octanol–water partition coefficient (Wildman–Crippen LogP) is 8.10. The lowest BCUT2D eigenvalue weighted by Gasteiger charge is -2.24. The Bertz CT molecular complexity index is 539. The molecule has 0 aromatic carbocycles. The molecule has 0 radical (unpaired) electrons. The lowest BCUT2D eigenvalue weighted by atomic mass is 10.1. The third kappa shape index (κ3) is 21.4. The number of carboxylic acid groups (broad SMARTS) is 1. The number of aliphatic hydroxyl groups is 1. The predicted molar refractivity (Wildman–Crippen MR) is 160 cm³/mol. The second-order valence-electron chi connectivity index (χ2n) is 10.5. The van der Waals surface area contributed by atoms with E-state index in [9.17, 15) is 14.5 Å². The van der Waals surface area contributed by atoms with Crippen LogP contribution in [0, 0.1) is 0 Å². The molecule has 0 saturated heterocycles. The van der Waals surface area contributed by atoms with Gasteiger partial charge < -0.3 is 24.3 Å². The van der Waals surface area contributed by atoms with Crippen LogP contribution in [0.5, 0.6) is 0 Å². The molecule has 0 aliphatic carbocycles. The number of carbonyl (C=O) groups is 1. The molecule has 0 aromatic heterocycles. The lowest BCUT2D eigenvalue weighted by molar-refractivity contribution is -0.154. The summed E-state index contributed by atoms with van der Waals surface area (Å²) in [6.45, 7) is 7.04. The Labute approximate surface area is 233 Å². The first-order valence-corrected chi connectivity index (χ1v) is 17.2. The summed E-state index contributed by atoms with van der Waals surface area (Å²) in [6, 6.07) is 0. The van der Waals surface area contributed by atoms with Crippen molar-refractivity contribution < 1.29 is 29.0 Å². The van der Waals surface area contributed by atoms with Crippen molar-refractivity contribution in [2.24, 2.45) is 0 Å². The minimum absolute atomic E-state index is 0.158. The highest BCUT2D eigenvalue weighted by Gasteiger charge is 2.35. The maximum absolute atomic E-state index is 11.0. The summed E-state index contributed by atoms with van der Waals surface area (Å²) in [5, 5.41) is 16.9. The van der Waals surface area contributed by atoms with E-state index in [0.29, 0.717) is 18.3 Å². The van der Waals surface area contributed by atoms with E-state index < -0.39 is 26.4 Å². The molecule has 2 N–H and O–H groups in total. The highest BCUT2D eigenvalue weighted by Crippen LogP contribution is 2.26. The Morgan fingerprint density at radius 2 is 1.32 bits per heavy atom. The molecule has 0 saturated carbocycles. The standard InChI is InChI=1S/C29H59O6PS/c1-4-6-8-10-12-13-14-15-17-19-24-37-27(21-18-16-11-9-7-5-2)26(3)35-23-20-22-34-25-29(32,36-33)28(30)31/h26-27,32H,4-25,36H2,1-3H3,(H,30,31). The molecule has 6 nitrogen and oxygen atoms in total. The van der Waals surface area contributed by atoms with Gasteiger partial charge in [0.25, 0.3) is 0 Å². The molecule has 37 heavy (non-hydrogen) atoms.